The van der Waals surface area contributed by atoms with Crippen molar-refractivity contribution < 1.29 is 74.4 Å². The van der Waals surface area contributed by atoms with Gasteiger partial charge in [-0.2, -0.15) is 0 Å². The van der Waals surface area contributed by atoms with Gasteiger partial charge in [0.2, 0.25) is 11.9 Å². The molecule has 4 N–H and O–H groups in total. The lowest BCUT2D eigenvalue weighted by Crippen LogP contribution is -2.64. The molecule has 4 fully saturated rings. The third-order valence-corrected chi connectivity index (χ3v) is 23.5. The molecular weight excluding hydrogens is 1490 g/mol. The quantitative estimate of drug-likeness (QED) is 0.0411. The van der Waals surface area contributed by atoms with Crippen LogP contribution in [0, 0.1) is 21.7 Å². The third-order valence-electron chi connectivity index (χ3n) is 20.3. The van der Waals surface area contributed by atoms with Crippen molar-refractivity contribution in [2.24, 2.45) is 21.7 Å². The zero-order chi connectivity index (χ0) is 77.9. The number of carboxylic acid groups (broad SMARTS) is 1. The first kappa shape index (κ1) is 82.5. The minimum absolute atomic E-state index is 0. The van der Waals surface area contributed by atoms with Crippen molar-refractivity contribution in [2.45, 2.75) is 177 Å². The molecule has 13 rings (SSSR count). The Balaban J connectivity index is 0.000000203. The maximum atomic E-state index is 13.6. The molecule has 0 bridgehead atoms. The normalized spacial score (nSPS) is 16.3. The van der Waals surface area contributed by atoms with E-state index in [1.807, 2.05) is 136 Å². The highest BCUT2D eigenvalue weighted by Crippen LogP contribution is 2.56. The van der Waals surface area contributed by atoms with Crippen LogP contribution in [0.4, 0.5) is 52.6 Å². The summed E-state index contributed by atoms with van der Waals surface area (Å²) >= 11 is 2.13. The number of aromatic carboxylic acids is 1. The Hall–Kier alpha value is -9.03. The molecule has 20 nitrogen and oxygen atoms in total. The van der Waals surface area contributed by atoms with Crippen molar-refractivity contribution >= 4 is 116 Å². The summed E-state index contributed by atoms with van der Waals surface area (Å²) < 4.78 is 97.9. The number of halogens is 7. The molecule has 2 saturated carbocycles. The van der Waals surface area contributed by atoms with Gasteiger partial charge in [0.15, 0.2) is 0 Å². The molecule has 7 heterocycles. The van der Waals surface area contributed by atoms with E-state index in [1.165, 1.54) is 30.3 Å². The number of carbonyl (C=O) groups excluding carboxylic acids is 5. The van der Waals surface area contributed by atoms with Gasteiger partial charge in [-0.25, -0.2) is 55.5 Å². The molecule has 4 aromatic carbocycles. The molecule has 584 valence electrons. The molecule has 5 amide bonds. The van der Waals surface area contributed by atoms with Gasteiger partial charge >= 0.3 is 24.2 Å². The number of rotatable bonds is 20. The van der Waals surface area contributed by atoms with E-state index < -0.39 is 54.8 Å². The predicted molar refractivity (Wildman–Crippen MR) is 412 cm³/mol. The molecule has 30 heteroatoms. The van der Waals surface area contributed by atoms with Gasteiger partial charge in [-0.05, 0) is 159 Å². The SMILES string of the molecule is C[C@H](N(Cc1ccc2c(c1)nc(NC(=O)c1ccc(C(F)F)s1)n2C1CC2(C1)CN(C(=O)OC(C)(C)C)C2)C(=O)OCc1ccccc1)C(C)(C)C.C[C@H](N(Cc1ccc2c(c1)nc(NC(=O)c1ccc(C(F)F)s1)n2C1CC2(CNC2)C1)C(=O)OCc1ccccc1)C(C)(C)C.Cl.O=C(O)c1ccc(C(F)F)s1. The van der Waals surface area contributed by atoms with Gasteiger partial charge < -0.3 is 48.5 Å². The fraction of sp³-hybridized carbons (Fsp3) is 0.443. The molecule has 4 aliphatic rings. The Morgan fingerprint density at radius 2 is 0.917 bits per heavy atom. The van der Waals surface area contributed by atoms with Crippen molar-refractivity contribution in [3.8, 4) is 0 Å². The molecule has 2 spiro atoms. The van der Waals surface area contributed by atoms with Crippen LogP contribution in [0.25, 0.3) is 22.1 Å². The minimum Gasteiger partial charge on any atom is -0.477 e. The third kappa shape index (κ3) is 19.8. The van der Waals surface area contributed by atoms with Crippen LogP contribution in [0.15, 0.2) is 133 Å². The first-order valence-electron chi connectivity index (χ1n) is 35.6. The zero-order valence-electron chi connectivity index (χ0n) is 62.4. The van der Waals surface area contributed by atoms with E-state index in [-0.39, 0.29) is 113 Å². The highest BCUT2D eigenvalue weighted by atomic mass is 35.5. The summed E-state index contributed by atoms with van der Waals surface area (Å²) in [5.41, 5.74) is 5.73. The van der Waals surface area contributed by atoms with E-state index in [0.717, 1.165) is 101 Å². The summed E-state index contributed by atoms with van der Waals surface area (Å²) in [7, 11) is 0. The van der Waals surface area contributed by atoms with Crippen LogP contribution in [0.3, 0.4) is 0 Å². The topological polar surface area (TPSA) is 232 Å². The second kappa shape index (κ2) is 33.7. The Kier molecular flexibility index (Phi) is 25.5. The molecule has 2 aliphatic heterocycles. The second-order valence-corrected chi connectivity index (χ2v) is 34.8. The number of nitrogens with zero attached hydrogens (tertiary/aromatic N) is 7. The van der Waals surface area contributed by atoms with Crippen molar-refractivity contribution in [3.63, 3.8) is 0 Å². The van der Waals surface area contributed by atoms with Gasteiger partial charge in [0.1, 0.15) is 23.7 Å². The standard InChI is InChI=1S/C39H47F2N5O5S.C34H39F2N5O3S.C6H4F2O2S.ClH/c1-24(37(2,3)4)45(36(49)50-21-25-11-9-8-10-12-25)20-26-13-14-29-28(17-26)42-34(43-33(47)31-16-15-30(52-31)32(40)41)46(29)27-18-39(19-27)22-44(23-39)35(48)51-38(5,6)7;1-21(33(2,3)4)40(32(43)44-18-22-8-6-5-7-9-22)17-23-10-11-26-25(14-23)38-31(41(26)24-15-34(16-24)19-37-20-34)39-30(42)28-13-12-27(45-28)29(35)36;7-5(8)3-1-2-4(11-3)6(9)10;/h8-17,24,27,32H,18-23H2,1-7H3,(H,42,43,47);5-14,21,24,29,37H,15-20H2,1-4H3,(H,38,39,42);1-2,5H,(H,9,10);1H/t24-;21-;;/m00../s1. The lowest BCUT2D eigenvalue weighted by molar-refractivity contribution is -0.0896. The maximum Gasteiger partial charge on any atom is 0.410 e. The number of imidazole rings is 2. The van der Waals surface area contributed by atoms with Gasteiger partial charge in [-0.15, -0.1) is 46.4 Å². The molecule has 109 heavy (non-hydrogen) atoms. The number of thiophene rings is 3. The number of carboxylic acids is 1. The highest BCUT2D eigenvalue weighted by Gasteiger charge is 2.56. The number of benzene rings is 4. The number of likely N-dealkylation sites (tertiary alicyclic amines) is 1. The lowest BCUT2D eigenvalue weighted by atomic mass is 9.60. The van der Waals surface area contributed by atoms with Crippen LogP contribution in [-0.2, 0) is 40.5 Å². The molecule has 9 aromatic rings. The van der Waals surface area contributed by atoms with E-state index in [0.29, 0.717) is 53.9 Å². The van der Waals surface area contributed by atoms with Gasteiger partial charge in [0.05, 0.1) is 46.5 Å². The molecule has 0 unspecified atom stereocenters. The average Bonchev–Trinajstić information content (AvgIpc) is 1.66. The number of carbonyl (C=O) groups is 6. The largest absolute Gasteiger partial charge is 0.477 e. The van der Waals surface area contributed by atoms with Crippen LogP contribution in [-0.4, -0.2) is 119 Å². The molecular formula is C79H91ClF6N10O10S3. The van der Waals surface area contributed by atoms with Gasteiger partial charge in [0.25, 0.3) is 31.1 Å². The summed E-state index contributed by atoms with van der Waals surface area (Å²) in [5.74, 6) is -1.44. The summed E-state index contributed by atoms with van der Waals surface area (Å²) in [4.78, 5) is 91.0. The summed E-state index contributed by atoms with van der Waals surface area (Å²) in [6.07, 6.45) is -5.55. The fourth-order valence-electron chi connectivity index (χ4n) is 13.6. The monoisotopic (exact) mass is 1580 g/mol. The average molecular weight is 1590 g/mol. The van der Waals surface area contributed by atoms with Crippen LogP contribution >= 0.6 is 46.4 Å². The number of anilines is 2. The van der Waals surface area contributed by atoms with Crippen LogP contribution in [0.5, 0.6) is 0 Å². The van der Waals surface area contributed by atoms with Crippen LogP contribution in [0.1, 0.15) is 199 Å². The number of hydrogen-bond acceptors (Lipinski definition) is 15. The number of nitrogens with one attached hydrogen (secondary N) is 3. The number of amides is 5. The van der Waals surface area contributed by atoms with Crippen LogP contribution < -0.4 is 16.0 Å². The van der Waals surface area contributed by atoms with E-state index in [2.05, 4.69) is 62.1 Å². The molecule has 5 aromatic heterocycles. The Morgan fingerprint density at radius 3 is 1.25 bits per heavy atom. The lowest BCUT2D eigenvalue weighted by Gasteiger charge is -2.59. The first-order chi connectivity index (χ1) is 50.9. The van der Waals surface area contributed by atoms with Gasteiger partial charge in [0, 0.05) is 68.9 Å². The van der Waals surface area contributed by atoms with Crippen molar-refractivity contribution in [1.82, 2.24) is 39.1 Å². The Labute approximate surface area is 646 Å². The summed E-state index contributed by atoms with van der Waals surface area (Å²) in [6, 6.07) is 38.4. The van der Waals surface area contributed by atoms with Gasteiger partial charge in [-0.1, -0.05) is 114 Å². The molecule has 2 saturated heterocycles. The van der Waals surface area contributed by atoms with E-state index in [1.54, 1.807) is 14.7 Å². The minimum atomic E-state index is -2.67. The maximum absolute atomic E-state index is 13.6. The Bertz CT molecular complexity index is 4700. The van der Waals surface area contributed by atoms with Crippen molar-refractivity contribution in [2.75, 3.05) is 36.8 Å². The molecule has 0 radical (unpaired) electrons. The Morgan fingerprint density at radius 1 is 0.541 bits per heavy atom. The van der Waals surface area contributed by atoms with E-state index >= 15 is 0 Å². The highest BCUT2D eigenvalue weighted by molar-refractivity contribution is 7.14. The molecule has 2 aliphatic carbocycles. The number of fused-ring (bicyclic) bond motifs is 2. The number of alkyl halides is 6. The number of hydrogen-bond donors (Lipinski definition) is 4. The number of aromatic nitrogens is 4. The van der Waals surface area contributed by atoms with Crippen molar-refractivity contribution in [3.05, 3.63) is 185 Å². The van der Waals surface area contributed by atoms with Crippen molar-refractivity contribution in [1.29, 1.82) is 0 Å². The predicted octanol–water partition coefficient (Wildman–Crippen LogP) is 20.0. The van der Waals surface area contributed by atoms with Crippen LogP contribution in [0.2, 0.25) is 0 Å². The van der Waals surface area contributed by atoms with Gasteiger partial charge in [-0.3, -0.25) is 20.2 Å². The fourth-order valence-corrected chi connectivity index (χ4v) is 15.9. The van der Waals surface area contributed by atoms with E-state index in [4.69, 9.17) is 29.3 Å². The zero-order valence-corrected chi connectivity index (χ0v) is 65.6. The van der Waals surface area contributed by atoms with E-state index in [9.17, 15) is 55.1 Å². The molecule has 2 atom stereocenters. The summed E-state index contributed by atoms with van der Waals surface area (Å²) in [6.45, 7) is 26.1. The summed E-state index contributed by atoms with van der Waals surface area (Å²) in [5, 5.41) is 17.5. The smallest absolute Gasteiger partial charge is 0.410 e. The second-order valence-electron chi connectivity index (χ2n) is 31.5. The first-order valence-corrected chi connectivity index (χ1v) is 38.0. The number of ether oxygens (including phenoxy) is 3.